The Morgan fingerprint density at radius 3 is 2.52 bits per heavy atom. The van der Waals surface area contributed by atoms with Gasteiger partial charge in [-0.25, -0.2) is 0 Å². The molecule has 1 fully saturated rings. The molecule has 1 saturated heterocycles. The van der Waals surface area contributed by atoms with Crippen LogP contribution in [0.15, 0.2) is 24.3 Å². The number of benzene rings is 1. The minimum atomic E-state index is -0.883. The third kappa shape index (κ3) is 4.94. The van der Waals surface area contributed by atoms with Gasteiger partial charge in [0.05, 0.1) is 0 Å². The van der Waals surface area contributed by atoms with Gasteiger partial charge >= 0.3 is 0 Å². The van der Waals surface area contributed by atoms with Crippen LogP contribution in [0.5, 0.6) is 5.75 Å². The van der Waals surface area contributed by atoms with E-state index in [2.05, 4.69) is 10.6 Å². The Bertz CT molecular complexity index is 539. The maximum absolute atomic E-state index is 12.3. The van der Waals surface area contributed by atoms with Crippen molar-refractivity contribution >= 4 is 17.5 Å². The molecule has 1 aliphatic rings. The number of ether oxygens (including phenoxy) is 2. The van der Waals surface area contributed by atoms with Crippen molar-refractivity contribution in [1.29, 1.82) is 0 Å². The summed E-state index contributed by atoms with van der Waals surface area (Å²) in [6, 6.07) is 6.82. The average molecular weight is 321 g/mol. The van der Waals surface area contributed by atoms with Crippen molar-refractivity contribution in [1.82, 2.24) is 5.32 Å². The lowest BCUT2D eigenvalue weighted by molar-refractivity contribution is -0.124. The fourth-order valence-corrected chi connectivity index (χ4v) is 2.25. The zero-order chi connectivity index (χ0) is 16.7. The van der Waals surface area contributed by atoms with Gasteiger partial charge in [-0.1, -0.05) is 0 Å². The van der Waals surface area contributed by atoms with Gasteiger partial charge in [0, 0.05) is 25.4 Å². The van der Waals surface area contributed by atoms with Crippen molar-refractivity contribution in [3.63, 3.8) is 0 Å². The molecule has 1 heterocycles. The fraction of sp³-hybridized carbons (Fsp3) is 0.500. The highest BCUT2D eigenvalue weighted by Gasteiger charge is 2.35. The molecule has 23 heavy (non-hydrogen) atoms. The molecule has 1 aromatic carbocycles. The molecule has 0 saturated carbocycles. The Kier molecular flexibility index (Phi) is 5.95. The highest BCUT2D eigenvalue weighted by atomic mass is 16.5. The Balaban J connectivity index is 1.87. The second-order valence-corrected chi connectivity index (χ2v) is 5.49. The van der Waals surface area contributed by atoms with Crippen LogP contribution >= 0.6 is 0 Å². The van der Waals surface area contributed by atoms with Crippen LogP contribution in [-0.4, -0.2) is 43.7 Å². The number of carbonyl (C=O) groups is 2. The molecule has 0 aromatic heterocycles. The highest BCUT2D eigenvalue weighted by molar-refractivity contribution is 5.98. The van der Waals surface area contributed by atoms with E-state index in [-0.39, 0.29) is 18.4 Å². The molecule has 0 bridgehead atoms. The molecule has 126 valence electrons. The van der Waals surface area contributed by atoms with Crippen LogP contribution in [0.3, 0.4) is 0 Å². The molecule has 0 unspecified atom stereocenters. The number of amides is 2. The third-order valence-electron chi connectivity index (χ3n) is 3.69. The summed E-state index contributed by atoms with van der Waals surface area (Å²) in [4.78, 5) is 23.6. The van der Waals surface area contributed by atoms with E-state index in [9.17, 15) is 9.59 Å². The molecule has 2 amide bonds. The first kappa shape index (κ1) is 17.2. The number of rotatable bonds is 6. The molecular weight excluding hydrogens is 298 g/mol. The Labute approximate surface area is 135 Å². The molecule has 0 aliphatic carbocycles. The first-order valence-corrected chi connectivity index (χ1v) is 7.71. The van der Waals surface area contributed by atoms with Crippen LogP contribution < -0.4 is 21.1 Å². The molecule has 7 heteroatoms. The summed E-state index contributed by atoms with van der Waals surface area (Å²) in [7, 11) is 0. The summed E-state index contributed by atoms with van der Waals surface area (Å²) in [5.41, 5.74) is 5.88. The first-order valence-electron chi connectivity index (χ1n) is 7.71. The number of hydrogen-bond acceptors (Lipinski definition) is 5. The second-order valence-electron chi connectivity index (χ2n) is 5.49. The lowest BCUT2D eigenvalue weighted by Gasteiger charge is -2.31. The van der Waals surface area contributed by atoms with Crippen molar-refractivity contribution in [2.75, 3.05) is 31.7 Å². The molecule has 4 N–H and O–H groups in total. The van der Waals surface area contributed by atoms with Crippen LogP contribution in [0.2, 0.25) is 0 Å². The van der Waals surface area contributed by atoms with Gasteiger partial charge in [0.15, 0.2) is 6.61 Å². The SMILES string of the molecule is CCNC(=O)COc1ccc(NC(=O)C2(N)CCOCC2)cc1. The predicted molar refractivity (Wildman–Crippen MR) is 86.2 cm³/mol. The molecule has 0 spiro atoms. The van der Waals surface area contributed by atoms with Crippen molar-refractivity contribution in [2.24, 2.45) is 5.73 Å². The smallest absolute Gasteiger partial charge is 0.257 e. The Hall–Kier alpha value is -2.12. The van der Waals surface area contributed by atoms with Crippen LogP contribution in [0.1, 0.15) is 19.8 Å². The van der Waals surface area contributed by atoms with E-state index in [0.29, 0.717) is 44.0 Å². The van der Waals surface area contributed by atoms with Crippen LogP contribution in [-0.2, 0) is 14.3 Å². The maximum Gasteiger partial charge on any atom is 0.257 e. The summed E-state index contributed by atoms with van der Waals surface area (Å²) in [5, 5.41) is 5.46. The molecular formula is C16H23N3O4. The van der Waals surface area contributed by atoms with Crippen LogP contribution in [0.4, 0.5) is 5.69 Å². The number of anilines is 1. The summed E-state index contributed by atoms with van der Waals surface area (Å²) < 4.78 is 10.6. The number of likely N-dealkylation sites (N-methyl/N-ethyl adjacent to an activating group) is 1. The molecule has 2 rings (SSSR count). The van der Waals surface area contributed by atoms with Gasteiger partial charge in [0.25, 0.3) is 5.91 Å². The Morgan fingerprint density at radius 2 is 1.91 bits per heavy atom. The molecule has 0 radical (unpaired) electrons. The van der Waals surface area contributed by atoms with Crippen molar-refractivity contribution in [2.45, 2.75) is 25.3 Å². The summed E-state index contributed by atoms with van der Waals surface area (Å²) >= 11 is 0. The predicted octanol–water partition coefficient (Wildman–Crippen LogP) is 0.648. The average Bonchev–Trinajstić information content (AvgIpc) is 2.55. The molecule has 0 atom stereocenters. The van der Waals surface area contributed by atoms with Gasteiger partial charge in [-0.3, -0.25) is 9.59 Å². The van der Waals surface area contributed by atoms with Gasteiger partial charge in [-0.2, -0.15) is 0 Å². The number of nitrogens with one attached hydrogen (secondary N) is 2. The number of hydrogen-bond donors (Lipinski definition) is 3. The standard InChI is InChI=1S/C16H23N3O4/c1-2-18-14(20)11-23-13-5-3-12(4-6-13)19-15(21)16(17)7-9-22-10-8-16/h3-6H,2,7-11,17H2,1H3,(H,18,20)(H,19,21). The van der Waals surface area contributed by atoms with Crippen molar-refractivity contribution in [3.05, 3.63) is 24.3 Å². The summed E-state index contributed by atoms with van der Waals surface area (Å²) in [6.45, 7) is 3.37. The third-order valence-corrected chi connectivity index (χ3v) is 3.69. The summed E-state index contributed by atoms with van der Waals surface area (Å²) in [5.74, 6) is 0.175. The van der Waals surface area contributed by atoms with Gasteiger partial charge in [0.2, 0.25) is 5.91 Å². The maximum atomic E-state index is 12.3. The quantitative estimate of drug-likeness (QED) is 0.714. The van der Waals surface area contributed by atoms with E-state index < -0.39 is 5.54 Å². The molecule has 1 aliphatic heterocycles. The monoisotopic (exact) mass is 321 g/mol. The van der Waals surface area contributed by atoms with E-state index in [0.717, 1.165) is 0 Å². The van der Waals surface area contributed by atoms with Gasteiger partial charge in [0.1, 0.15) is 11.3 Å². The topological polar surface area (TPSA) is 103 Å². The van der Waals surface area contributed by atoms with Gasteiger partial charge in [-0.15, -0.1) is 0 Å². The minimum absolute atomic E-state index is 0.0363. The second kappa shape index (κ2) is 7.94. The van der Waals surface area contributed by atoms with E-state index in [4.69, 9.17) is 15.2 Å². The van der Waals surface area contributed by atoms with E-state index in [1.807, 2.05) is 6.92 Å². The van der Waals surface area contributed by atoms with Crippen LogP contribution in [0, 0.1) is 0 Å². The number of carbonyl (C=O) groups excluding carboxylic acids is 2. The van der Waals surface area contributed by atoms with Gasteiger partial charge < -0.3 is 25.8 Å². The van der Waals surface area contributed by atoms with E-state index >= 15 is 0 Å². The van der Waals surface area contributed by atoms with Crippen molar-refractivity contribution in [3.8, 4) is 5.75 Å². The fourth-order valence-electron chi connectivity index (χ4n) is 2.25. The lowest BCUT2D eigenvalue weighted by atomic mass is 9.90. The molecule has 7 nitrogen and oxygen atoms in total. The van der Waals surface area contributed by atoms with E-state index in [1.165, 1.54) is 0 Å². The zero-order valence-electron chi connectivity index (χ0n) is 13.3. The van der Waals surface area contributed by atoms with Crippen LogP contribution in [0.25, 0.3) is 0 Å². The molecule has 1 aromatic rings. The normalized spacial score (nSPS) is 16.4. The van der Waals surface area contributed by atoms with Gasteiger partial charge in [-0.05, 0) is 44.0 Å². The van der Waals surface area contributed by atoms with E-state index in [1.54, 1.807) is 24.3 Å². The Morgan fingerprint density at radius 1 is 1.26 bits per heavy atom. The number of nitrogens with two attached hydrogens (primary N) is 1. The lowest BCUT2D eigenvalue weighted by Crippen LogP contribution is -2.54. The largest absolute Gasteiger partial charge is 0.484 e. The van der Waals surface area contributed by atoms with Crippen molar-refractivity contribution < 1.29 is 19.1 Å². The first-order chi connectivity index (χ1) is 11.0. The minimum Gasteiger partial charge on any atom is -0.484 e. The summed E-state index contributed by atoms with van der Waals surface area (Å²) in [6.07, 6.45) is 1.01. The highest BCUT2D eigenvalue weighted by Crippen LogP contribution is 2.21. The zero-order valence-corrected chi connectivity index (χ0v) is 13.3.